The van der Waals surface area contributed by atoms with E-state index in [1.165, 1.54) is 31.2 Å². The average molecular weight is 458 g/mol. The normalized spacial score (nSPS) is 18.8. The number of aryl methyl sites for hydroxylation is 1. The second-order valence-electron chi connectivity index (χ2n) is 10.2. The minimum atomic E-state index is -0.262. The Morgan fingerprint density at radius 3 is 2.39 bits per heavy atom. The second kappa shape index (κ2) is 13.0. The summed E-state index contributed by atoms with van der Waals surface area (Å²) >= 11 is 0. The molecule has 3 rings (SSSR count). The Bertz CT molecular complexity index is 737. The molecule has 0 spiro atoms. The number of hydrogen-bond donors (Lipinski definition) is 2. The van der Waals surface area contributed by atoms with Crippen molar-refractivity contribution in [2.75, 3.05) is 38.2 Å². The lowest BCUT2D eigenvalue weighted by molar-refractivity contribution is -0.139. The quantitative estimate of drug-likeness (QED) is 0.517. The minimum absolute atomic E-state index is 0.00581. The summed E-state index contributed by atoms with van der Waals surface area (Å²) in [6.45, 7) is 9.44. The number of carbonyl (C=O) groups excluding carboxylic acids is 2. The Kier molecular flexibility index (Phi) is 10.0. The van der Waals surface area contributed by atoms with Crippen LogP contribution >= 0.6 is 0 Å². The van der Waals surface area contributed by atoms with Crippen LogP contribution in [0.2, 0.25) is 0 Å². The molecular weight excluding hydrogens is 414 g/mol. The van der Waals surface area contributed by atoms with Gasteiger partial charge in [-0.1, -0.05) is 57.2 Å². The van der Waals surface area contributed by atoms with Gasteiger partial charge in [0.15, 0.2) is 0 Å². The zero-order chi connectivity index (χ0) is 23.6. The zero-order valence-corrected chi connectivity index (χ0v) is 20.8. The standard InChI is InChI=1S/C27H43N3O3/c1-20(2)25(19-28-24-12-8-21(3)9-13-24)29-27(32)23(11-10-22-6-4-5-7-22)18-26(31)30-14-16-33-17-15-30/h8-9,12-13,20,22-23,25,28H,4-7,10-11,14-19H2,1-3H3,(H,29,32)/t23-,25-/m1/s1. The van der Waals surface area contributed by atoms with E-state index in [-0.39, 0.29) is 29.7 Å². The van der Waals surface area contributed by atoms with E-state index in [0.29, 0.717) is 45.2 Å². The van der Waals surface area contributed by atoms with E-state index in [9.17, 15) is 9.59 Å². The van der Waals surface area contributed by atoms with Crippen LogP contribution in [0.3, 0.4) is 0 Å². The lowest BCUT2D eigenvalue weighted by Crippen LogP contribution is -2.47. The highest BCUT2D eigenvalue weighted by atomic mass is 16.5. The molecule has 1 aromatic carbocycles. The largest absolute Gasteiger partial charge is 0.383 e. The molecular formula is C27H43N3O3. The third-order valence-corrected chi connectivity index (χ3v) is 7.26. The Morgan fingerprint density at radius 2 is 1.76 bits per heavy atom. The fraction of sp³-hybridized carbons (Fsp3) is 0.704. The van der Waals surface area contributed by atoms with Crippen LogP contribution in [0.1, 0.15) is 64.4 Å². The molecule has 0 bridgehead atoms. The van der Waals surface area contributed by atoms with Crippen molar-refractivity contribution < 1.29 is 14.3 Å². The van der Waals surface area contributed by atoms with Gasteiger partial charge in [0.05, 0.1) is 13.2 Å². The Hall–Kier alpha value is -2.08. The molecule has 2 N–H and O–H groups in total. The summed E-state index contributed by atoms with van der Waals surface area (Å²) in [5, 5.41) is 6.75. The Labute approximate surface area is 199 Å². The minimum Gasteiger partial charge on any atom is -0.383 e. The van der Waals surface area contributed by atoms with E-state index in [4.69, 9.17) is 4.74 Å². The molecule has 2 atom stereocenters. The van der Waals surface area contributed by atoms with E-state index in [1.54, 1.807) is 0 Å². The second-order valence-corrected chi connectivity index (χ2v) is 10.2. The van der Waals surface area contributed by atoms with Crippen LogP contribution in [-0.4, -0.2) is 55.6 Å². The number of morpholine rings is 1. The molecule has 1 heterocycles. The van der Waals surface area contributed by atoms with Crippen molar-refractivity contribution in [2.24, 2.45) is 17.8 Å². The van der Waals surface area contributed by atoms with Crippen LogP contribution in [0.5, 0.6) is 0 Å². The van der Waals surface area contributed by atoms with Gasteiger partial charge in [-0.3, -0.25) is 9.59 Å². The molecule has 2 fully saturated rings. The van der Waals surface area contributed by atoms with Crippen LogP contribution in [0.25, 0.3) is 0 Å². The van der Waals surface area contributed by atoms with E-state index >= 15 is 0 Å². The predicted octanol–water partition coefficient (Wildman–Crippen LogP) is 4.38. The predicted molar refractivity (Wildman–Crippen MR) is 133 cm³/mol. The first-order valence-corrected chi connectivity index (χ1v) is 12.9. The summed E-state index contributed by atoms with van der Waals surface area (Å²) in [5.41, 5.74) is 2.28. The van der Waals surface area contributed by atoms with Crippen molar-refractivity contribution in [3.05, 3.63) is 29.8 Å². The van der Waals surface area contributed by atoms with Crippen LogP contribution in [0.4, 0.5) is 5.69 Å². The van der Waals surface area contributed by atoms with Crippen molar-refractivity contribution in [1.82, 2.24) is 10.2 Å². The van der Waals surface area contributed by atoms with Crippen LogP contribution in [0, 0.1) is 24.7 Å². The molecule has 6 heteroatoms. The van der Waals surface area contributed by atoms with E-state index < -0.39 is 0 Å². The van der Waals surface area contributed by atoms with Crippen LogP contribution < -0.4 is 10.6 Å². The summed E-state index contributed by atoms with van der Waals surface area (Å²) in [5.74, 6) is 0.851. The summed E-state index contributed by atoms with van der Waals surface area (Å²) in [6.07, 6.45) is 7.27. The van der Waals surface area contributed by atoms with Crippen molar-refractivity contribution in [2.45, 2.75) is 71.8 Å². The molecule has 1 aromatic rings. The average Bonchev–Trinajstić information content (AvgIpc) is 3.34. The van der Waals surface area contributed by atoms with Gasteiger partial charge >= 0.3 is 0 Å². The summed E-state index contributed by atoms with van der Waals surface area (Å²) < 4.78 is 5.39. The number of nitrogens with one attached hydrogen (secondary N) is 2. The smallest absolute Gasteiger partial charge is 0.223 e. The monoisotopic (exact) mass is 457 g/mol. The van der Waals surface area contributed by atoms with E-state index in [0.717, 1.165) is 18.5 Å². The maximum Gasteiger partial charge on any atom is 0.223 e. The highest BCUT2D eigenvalue weighted by Gasteiger charge is 2.29. The third kappa shape index (κ3) is 8.33. The number of benzene rings is 1. The van der Waals surface area contributed by atoms with Crippen molar-refractivity contribution in [3.63, 3.8) is 0 Å². The van der Waals surface area contributed by atoms with Crippen LogP contribution in [-0.2, 0) is 14.3 Å². The summed E-state index contributed by atoms with van der Waals surface area (Å²) in [7, 11) is 0. The van der Waals surface area contributed by atoms with Gasteiger partial charge in [0.25, 0.3) is 0 Å². The molecule has 2 aliphatic rings. The first-order valence-electron chi connectivity index (χ1n) is 12.9. The highest BCUT2D eigenvalue weighted by molar-refractivity contribution is 5.86. The van der Waals surface area contributed by atoms with E-state index in [2.05, 4.69) is 55.7 Å². The molecule has 2 amide bonds. The number of nitrogens with zero attached hydrogens (tertiary/aromatic N) is 1. The lowest BCUT2D eigenvalue weighted by atomic mass is 9.90. The summed E-state index contributed by atoms with van der Waals surface area (Å²) in [6, 6.07) is 8.31. The SMILES string of the molecule is Cc1ccc(NC[C@@H](NC(=O)[C@H](CCC2CCCC2)CC(=O)N2CCOCC2)C(C)C)cc1. The maximum absolute atomic E-state index is 13.4. The lowest BCUT2D eigenvalue weighted by Gasteiger charge is -2.30. The van der Waals surface area contributed by atoms with Crippen molar-refractivity contribution in [3.8, 4) is 0 Å². The van der Waals surface area contributed by atoms with E-state index in [1.807, 2.05) is 4.90 Å². The van der Waals surface area contributed by atoms with Gasteiger partial charge in [-0.15, -0.1) is 0 Å². The fourth-order valence-corrected chi connectivity index (χ4v) is 4.87. The molecule has 6 nitrogen and oxygen atoms in total. The molecule has 0 radical (unpaired) electrons. The molecule has 1 saturated heterocycles. The molecule has 0 aromatic heterocycles. The molecule has 0 unspecified atom stereocenters. The number of rotatable bonds is 11. The molecule has 184 valence electrons. The number of carbonyl (C=O) groups is 2. The first kappa shape index (κ1) is 25.5. The van der Waals surface area contributed by atoms with Gasteiger partial charge in [-0.2, -0.15) is 0 Å². The number of amides is 2. The van der Waals surface area contributed by atoms with Gasteiger partial charge in [0.1, 0.15) is 0 Å². The molecule has 1 saturated carbocycles. The van der Waals surface area contributed by atoms with Gasteiger partial charge in [0.2, 0.25) is 11.8 Å². The van der Waals surface area contributed by atoms with Gasteiger partial charge in [-0.05, 0) is 43.7 Å². The van der Waals surface area contributed by atoms with Gasteiger partial charge in [-0.25, -0.2) is 0 Å². The van der Waals surface area contributed by atoms with Gasteiger partial charge in [0, 0.05) is 43.7 Å². The third-order valence-electron chi connectivity index (χ3n) is 7.26. The molecule has 1 aliphatic carbocycles. The van der Waals surface area contributed by atoms with Crippen molar-refractivity contribution >= 4 is 17.5 Å². The highest BCUT2D eigenvalue weighted by Crippen LogP contribution is 2.30. The van der Waals surface area contributed by atoms with Crippen molar-refractivity contribution in [1.29, 1.82) is 0 Å². The maximum atomic E-state index is 13.4. The Balaban J connectivity index is 1.59. The fourth-order valence-electron chi connectivity index (χ4n) is 4.87. The molecule has 1 aliphatic heterocycles. The Morgan fingerprint density at radius 1 is 1.09 bits per heavy atom. The topological polar surface area (TPSA) is 70.7 Å². The van der Waals surface area contributed by atoms with Gasteiger partial charge < -0.3 is 20.3 Å². The summed E-state index contributed by atoms with van der Waals surface area (Å²) in [4.78, 5) is 28.2. The number of anilines is 1. The molecule has 33 heavy (non-hydrogen) atoms. The first-order chi connectivity index (χ1) is 15.9. The number of ether oxygens (including phenoxy) is 1. The number of hydrogen-bond acceptors (Lipinski definition) is 4. The zero-order valence-electron chi connectivity index (χ0n) is 20.8. The van der Waals surface area contributed by atoms with Crippen LogP contribution in [0.15, 0.2) is 24.3 Å².